The van der Waals surface area contributed by atoms with Crippen molar-refractivity contribution in [2.45, 2.75) is 90.6 Å². The highest BCUT2D eigenvalue weighted by Crippen LogP contribution is 2.50. The summed E-state index contributed by atoms with van der Waals surface area (Å²) in [4.78, 5) is 122. The number of anilines is 12. The third-order valence-corrected chi connectivity index (χ3v) is 27.0. The first-order valence-electron chi connectivity index (χ1n) is 43.0. The highest BCUT2D eigenvalue weighted by molar-refractivity contribution is 7.22. The molecule has 21 rings (SSSR count). The fourth-order valence-electron chi connectivity index (χ4n) is 16.7. The van der Waals surface area contributed by atoms with Gasteiger partial charge < -0.3 is 64.4 Å². The lowest BCUT2D eigenvalue weighted by Crippen LogP contribution is -2.35. The van der Waals surface area contributed by atoms with Crippen LogP contribution in [0.2, 0.25) is 10.0 Å². The summed E-state index contributed by atoms with van der Waals surface area (Å²) in [6.45, 7) is 9.50. The van der Waals surface area contributed by atoms with Crippen molar-refractivity contribution in [1.82, 2.24) is 44.6 Å². The van der Waals surface area contributed by atoms with Crippen LogP contribution in [0, 0.1) is 0 Å². The number of para-hydroxylation sites is 1. The molecule has 6 aliphatic rings. The topological polar surface area (TPSA) is 344 Å². The number of hydrogen-bond acceptors (Lipinski definition) is 25. The average Bonchev–Trinajstić information content (AvgIpc) is 1.57. The highest BCUT2D eigenvalue weighted by atomic mass is 35.5. The zero-order chi connectivity index (χ0) is 90.3. The minimum atomic E-state index is -0.487. The molecule has 0 saturated carbocycles. The monoisotopic (exact) mass is 1860 g/mol. The van der Waals surface area contributed by atoms with E-state index in [1.54, 1.807) is 112 Å². The largest absolute Gasteiger partial charge is 0.496 e. The second-order valence-electron chi connectivity index (χ2n) is 31.8. The van der Waals surface area contributed by atoms with Crippen LogP contribution in [0.15, 0.2) is 216 Å². The quantitative estimate of drug-likeness (QED) is 0.0309. The number of nitrogens with one attached hydrogen (secondary N) is 6. The van der Waals surface area contributed by atoms with E-state index in [0.29, 0.717) is 164 Å². The van der Waals surface area contributed by atoms with Gasteiger partial charge in [-0.1, -0.05) is 84.9 Å². The van der Waals surface area contributed by atoms with E-state index in [4.69, 9.17) is 55.7 Å². The lowest BCUT2D eigenvalue weighted by molar-refractivity contribution is 0.102. The smallest absolute Gasteiger partial charge is 0.332 e. The fraction of sp³-hybridized carbons (Fsp3) is 0.229. The molecule has 36 heteroatoms. The van der Waals surface area contributed by atoms with E-state index in [1.807, 2.05) is 91.0 Å². The average molecular weight is 1870 g/mol. The van der Waals surface area contributed by atoms with Crippen LogP contribution in [-0.4, -0.2) is 134 Å². The van der Waals surface area contributed by atoms with Crippen LogP contribution in [0.3, 0.4) is 0 Å². The van der Waals surface area contributed by atoms with Crippen molar-refractivity contribution in [3.8, 4) is 34.5 Å². The Kier molecular flexibility index (Phi) is 26.0. The van der Waals surface area contributed by atoms with Crippen LogP contribution in [0.25, 0.3) is 30.6 Å². The molecular weight excluding hydrogens is 1780 g/mol. The molecule has 31 nitrogen and oxygen atoms in total. The molecule has 6 N–H and O–H groups in total. The Balaban J connectivity index is 0.000000128. The Morgan fingerprint density at radius 1 is 0.402 bits per heavy atom. The normalized spacial score (nSPS) is 14.8. The molecule has 3 saturated heterocycles. The second-order valence-corrected chi connectivity index (χ2v) is 35.7. The first kappa shape index (κ1) is 87.2. The SMILES string of the molecule is COc1cc(NC(=O)c2sc3ncnc4c3c2NC(=O)N4c2ccc(OCc3ccco3)c(Cl)c2)ccc1CN1CCCCC1.COc1cc(NC(=O)c2sc3ncnc4c3c2NC(=O)N4c2ccc(Oc3ccccc3)cc2)ccc1CN1CCCCC1.O=C(Nc1ccc(CN2CCCCC2)cc1)c1sc2ncnc3c2c1NC(=O)N3c1ccc(OCc2ccco2)c(Cl)c1. The van der Waals surface area contributed by atoms with E-state index in [0.717, 1.165) is 75.8 Å². The third kappa shape index (κ3) is 19.0. The molecule has 9 amide bonds. The molecule has 15 aromatic rings. The number of rotatable bonds is 25. The predicted octanol–water partition coefficient (Wildman–Crippen LogP) is 22.3. The molecule has 0 atom stereocenters. The first-order chi connectivity index (χ1) is 64.6. The number of methoxy groups -OCH3 is 2. The van der Waals surface area contributed by atoms with Crippen LogP contribution < -0.4 is 70.3 Å². The summed E-state index contributed by atoms with van der Waals surface area (Å²) in [6.07, 6.45) is 18.5. The molecule has 6 aliphatic heterocycles. The summed E-state index contributed by atoms with van der Waals surface area (Å²) in [5.74, 6) is 5.05. The van der Waals surface area contributed by atoms with Gasteiger partial charge in [-0.15, -0.1) is 34.0 Å². The minimum Gasteiger partial charge on any atom is -0.496 e. The zero-order valence-electron chi connectivity index (χ0n) is 71.4. The number of benzene rings is 7. The Morgan fingerprint density at radius 2 is 0.780 bits per heavy atom. The summed E-state index contributed by atoms with van der Waals surface area (Å²) >= 11 is 16.6. The van der Waals surface area contributed by atoms with Crippen molar-refractivity contribution in [1.29, 1.82) is 0 Å². The lowest BCUT2D eigenvalue weighted by Gasteiger charge is -2.27. The third-order valence-electron chi connectivity index (χ3n) is 23.1. The van der Waals surface area contributed by atoms with Gasteiger partial charge in [0, 0.05) is 60.0 Å². The summed E-state index contributed by atoms with van der Waals surface area (Å²) in [6, 6.07) is 51.8. The van der Waals surface area contributed by atoms with Crippen LogP contribution in [0.4, 0.5) is 83.0 Å². The summed E-state index contributed by atoms with van der Waals surface area (Å²) < 4.78 is 39.4. The maximum Gasteiger partial charge on any atom is 0.332 e. The van der Waals surface area contributed by atoms with Gasteiger partial charge in [-0.05, 0) is 205 Å². The number of aromatic nitrogens is 6. The number of amides is 9. The molecule has 14 heterocycles. The highest BCUT2D eigenvalue weighted by Gasteiger charge is 2.39. The molecule has 7 aromatic carbocycles. The first-order valence-corrected chi connectivity index (χ1v) is 46.2. The molecule has 0 spiro atoms. The number of ether oxygens (including phenoxy) is 5. The summed E-state index contributed by atoms with van der Waals surface area (Å²) in [5, 5.41) is 20.0. The molecule has 3 fully saturated rings. The molecular formula is C96H86Cl2N18O13S3. The van der Waals surface area contributed by atoms with Crippen molar-refractivity contribution in [2.24, 2.45) is 0 Å². The number of halogens is 2. The molecule has 8 aromatic heterocycles. The molecule has 0 radical (unpaired) electrons. The molecule has 0 aliphatic carbocycles. The van der Waals surface area contributed by atoms with Crippen molar-refractivity contribution < 1.29 is 61.3 Å². The maximum atomic E-state index is 13.6. The van der Waals surface area contributed by atoms with Gasteiger partial charge in [0.05, 0.1) is 87.1 Å². The van der Waals surface area contributed by atoms with Crippen molar-refractivity contribution in [3.05, 3.63) is 260 Å². The van der Waals surface area contributed by atoms with Crippen LogP contribution in [0.1, 0.15) is 115 Å². The second kappa shape index (κ2) is 39.3. The Bertz CT molecular complexity index is 6810. The van der Waals surface area contributed by atoms with E-state index < -0.39 is 18.1 Å². The van der Waals surface area contributed by atoms with Crippen molar-refractivity contribution in [3.63, 3.8) is 0 Å². The van der Waals surface area contributed by atoms with Gasteiger partial charge in [-0.25, -0.2) is 59.0 Å². The van der Waals surface area contributed by atoms with E-state index in [1.165, 1.54) is 131 Å². The minimum absolute atomic E-state index is 0.210. The van der Waals surface area contributed by atoms with Crippen molar-refractivity contribution >= 4 is 192 Å². The lowest BCUT2D eigenvalue weighted by atomic mass is 10.1. The van der Waals surface area contributed by atoms with Crippen LogP contribution in [0.5, 0.6) is 34.5 Å². The Hall–Kier alpha value is -14.1. The molecule has 0 unspecified atom stereocenters. The van der Waals surface area contributed by atoms with Gasteiger partial charge in [0.2, 0.25) is 0 Å². The number of carbonyl (C=O) groups is 6. The van der Waals surface area contributed by atoms with Crippen LogP contribution in [-0.2, 0) is 32.8 Å². The Morgan fingerprint density at radius 3 is 1.17 bits per heavy atom. The van der Waals surface area contributed by atoms with E-state index >= 15 is 0 Å². The van der Waals surface area contributed by atoms with Gasteiger partial charge in [-0.2, -0.15) is 0 Å². The van der Waals surface area contributed by atoms with Crippen molar-refractivity contribution in [2.75, 3.05) is 100 Å². The number of piperidine rings is 3. The number of likely N-dealkylation sites (tertiary alicyclic amines) is 3. The molecule has 0 bridgehead atoms. The fourth-order valence-corrected chi connectivity index (χ4v) is 20.1. The number of urea groups is 3. The molecule has 132 heavy (non-hydrogen) atoms. The summed E-state index contributed by atoms with van der Waals surface area (Å²) in [5.41, 5.74) is 7.94. The standard InChI is InChI=1S/C33H30N6O4S.C32H29ClN6O5S.C31H27ClN6O4S/c1-42-26-18-22(11-10-21(26)19-38-16-6-3-7-17-38)36-31(40)29-28-27-30(34-20-35-32(27)44-29)39(33(41)37-28)23-12-14-25(15-13-23)43-24-8-4-2-5-9-24;1-42-25-14-20(8-7-19(25)16-38-11-3-2-4-12-38)36-30(40)28-27-26-29(34-18-35-31(26)45-28)39(32(41)37-27)21-9-10-24(23(33)15-21)44-17-22-6-5-13-43-22;32-23-15-21(10-11-24(23)42-17-22-5-4-14-41-22)38-28-25-26(36-31(38)40)27(43-30(25)34-18-33-28)29(39)35-20-8-6-19(7-9-20)16-37-12-2-1-3-13-37/h2,4-5,8-15,18,20H,3,6-7,16-17,19H2,1H3,(H,36,40)(H,37,41);5-10,13-15,18H,2-4,11-12,16-17H2,1H3,(H,36,40)(H,37,41);4-11,14-15,18H,1-3,12-13,16-17H2,(H,35,39)(H,36,40). The van der Waals surface area contributed by atoms with Crippen LogP contribution >= 0.6 is 57.2 Å². The predicted molar refractivity (Wildman–Crippen MR) is 511 cm³/mol. The van der Waals surface area contributed by atoms with Gasteiger partial charge in [-0.3, -0.25) is 29.1 Å². The summed E-state index contributed by atoms with van der Waals surface area (Å²) in [7, 11) is 3.27. The number of thiophene rings is 3. The maximum absolute atomic E-state index is 13.6. The number of nitrogens with zero attached hydrogens (tertiary/aromatic N) is 12. The van der Waals surface area contributed by atoms with E-state index in [9.17, 15) is 28.8 Å². The van der Waals surface area contributed by atoms with E-state index in [2.05, 4.69) is 76.5 Å². The number of carbonyl (C=O) groups excluding carboxylic acids is 6. The van der Waals surface area contributed by atoms with Gasteiger partial charge >= 0.3 is 18.1 Å². The van der Waals surface area contributed by atoms with E-state index in [-0.39, 0.29) is 30.9 Å². The van der Waals surface area contributed by atoms with Gasteiger partial charge in [0.25, 0.3) is 17.7 Å². The zero-order valence-corrected chi connectivity index (χ0v) is 75.4. The molecule has 670 valence electrons. The van der Waals surface area contributed by atoms with Gasteiger partial charge in [0.15, 0.2) is 17.5 Å². The number of furan rings is 2. The Labute approximate surface area is 778 Å². The van der Waals surface area contributed by atoms with Gasteiger partial charge in [0.1, 0.15) is 107 Å². The number of hydrogen-bond donors (Lipinski definition) is 6.